The molecule has 1 saturated heterocycles. The second kappa shape index (κ2) is 25.2. The quantitative estimate of drug-likeness (QED) is 0.143. The van der Waals surface area contributed by atoms with E-state index in [-0.39, 0.29) is 73.3 Å². The Bertz CT molecular complexity index is 1750. The Labute approximate surface area is 388 Å². The molecule has 1 amide bonds. The van der Waals surface area contributed by atoms with Crippen molar-refractivity contribution in [2.24, 2.45) is 41.4 Å². The molecule has 4 aliphatic rings. The molecule has 0 radical (unpaired) electrons. The van der Waals surface area contributed by atoms with Crippen LogP contribution in [0.15, 0.2) is 47.6 Å². The van der Waals surface area contributed by atoms with Crippen molar-refractivity contribution < 1.29 is 58.2 Å². The van der Waals surface area contributed by atoms with Crippen molar-refractivity contribution in [1.82, 2.24) is 4.90 Å². The Morgan fingerprint density at radius 2 is 1.57 bits per heavy atom. The Kier molecular flexibility index (Phi) is 21.0. The van der Waals surface area contributed by atoms with E-state index < -0.39 is 71.5 Å². The molecule has 2 aliphatic heterocycles. The van der Waals surface area contributed by atoms with Crippen LogP contribution in [0.2, 0.25) is 0 Å². The number of ketones is 3. The maximum absolute atomic E-state index is 14.4. The van der Waals surface area contributed by atoms with Gasteiger partial charge in [0.1, 0.15) is 35.7 Å². The van der Waals surface area contributed by atoms with Crippen LogP contribution in [0.25, 0.3) is 0 Å². The van der Waals surface area contributed by atoms with E-state index in [2.05, 4.69) is 0 Å². The number of piperidine rings is 1. The van der Waals surface area contributed by atoms with Crippen LogP contribution in [-0.4, -0.2) is 126 Å². The molecule has 0 aromatic rings. The molecule has 0 spiro atoms. The number of carbonyl (C=O) groups is 5. The topological polar surface area (TPSA) is 186 Å². The highest BCUT2D eigenvalue weighted by molar-refractivity contribution is 6.39. The second-order valence-electron chi connectivity index (χ2n) is 20.1. The van der Waals surface area contributed by atoms with Crippen molar-refractivity contribution in [2.45, 2.75) is 180 Å². The molecule has 15 atom stereocenters. The first kappa shape index (κ1) is 54.3. The zero-order chi connectivity index (χ0) is 48.2. The normalized spacial score (nSPS) is 39.1. The molecule has 2 heterocycles. The number of rotatable bonds is 6. The van der Waals surface area contributed by atoms with Crippen LogP contribution in [-0.2, 0) is 42.9 Å². The van der Waals surface area contributed by atoms with Crippen molar-refractivity contribution in [1.29, 1.82) is 0 Å². The maximum Gasteiger partial charge on any atom is 0.329 e. The first-order valence-corrected chi connectivity index (χ1v) is 24.2. The minimum absolute atomic E-state index is 0.0358. The number of hydrogen-bond donors (Lipinski definition) is 3. The summed E-state index contributed by atoms with van der Waals surface area (Å²) < 4.78 is 23.3. The van der Waals surface area contributed by atoms with Gasteiger partial charge in [0.15, 0.2) is 5.78 Å². The Balaban J connectivity index is 1.70. The number of aliphatic hydroxyl groups excluding tert-OH is 2. The molecule has 0 aromatic carbocycles. The molecule has 3 fully saturated rings. The van der Waals surface area contributed by atoms with Gasteiger partial charge in [0.25, 0.3) is 11.7 Å². The van der Waals surface area contributed by atoms with Crippen molar-refractivity contribution >= 4 is 29.2 Å². The third kappa shape index (κ3) is 14.3. The summed E-state index contributed by atoms with van der Waals surface area (Å²) in [5, 5.41) is 34.1. The summed E-state index contributed by atoms with van der Waals surface area (Å²) in [5.41, 5.74) is -0.571. The molecule has 0 aromatic heterocycles. The van der Waals surface area contributed by atoms with Gasteiger partial charge < -0.3 is 39.2 Å². The summed E-state index contributed by atoms with van der Waals surface area (Å²) in [6.07, 6.45) is 13.0. The van der Waals surface area contributed by atoms with Gasteiger partial charge in [-0.15, -0.1) is 0 Å². The summed E-state index contributed by atoms with van der Waals surface area (Å²) in [5.74, 6) is -4.93. The zero-order valence-electron chi connectivity index (χ0n) is 40.9. The fourth-order valence-corrected chi connectivity index (χ4v) is 10.7. The van der Waals surface area contributed by atoms with E-state index in [1.165, 1.54) is 12.0 Å². The van der Waals surface area contributed by atoms with Crippen LogP contribution in [0.4, 0.5) is 0 Å². The summed E-state index contributed by atoms with van der Waals surface area (Å²) in [6, 6.07) is -1.08. The molecule has 13 nitrogen and oxygen atoms in total. The monoisotopic (exact) mass is 912 g/mol. The molecule has 13 heteroatoms. The Hall–Kier alpha value is -3.33. The molecule has 2 aliphatic carbocycles. The largest absolute Gasteiger partial charge is 0.460 e. The number of Topliss-reactive ketones (excluding diaryl/α,β-unsaturated/α-hetero) is 3. The van der Waals surface area contributed by atoms with E-state index in [4.69, 9.17) is 18.9 Å². The zero-order valence-corrected chi connectivity index (χ0v) is 40.9. The number of fused-ring (bicyclic) bond motifs is 3. The van der Waals surface area contributed by atoms with E-state index in [9.17, 15) is 39.3 Å². The maximum atomic E-state index is 14.4. The number of methoxy groups -OCH3 is 3. The number of ether oxygens (including phenoxy) is 4. The number of aliphatic hydroxyl groups is 3. The number of allylic oxidation sites excluding steroid dienone is 6. The SMILES string of the molecule is CO[C@H]1C[C@@H]2CC[C@@H](C)[C@@](O)(C2)C(=O)C(=O)N2CCCC[C@H]2C(=O)O[C@H]([C@H](C)CC2CC[C@@H](O)[C@H](OC)C2)CC(=O)[C@H](C)/C=C(\C)[C@@H](O)[C@@H](OC)C(=O)[C@H](C)C[C@H](C)/C=C/C=CC=C1C. The molecule has 2 bridgehead atoms. The van der Waals surface area contributed by atoms with Gasteiger partial charge in [-0.05, 0) is 132 Å². The third-order valence-corrected chi connectivity index (χ3v) is 15.1. The van der Waals surface area contributed by atoms with Gasteiger partial charge >= 0.3 is 5.97 Å². The van der Waals surface area contributed by atoms with Gasteiger partial charge in [-0.1, -0.05) is 71.1 Å². The van der Waals surface area contributed by atoms with Crippen LogP contribution in [0.1, 0.15) is 132 Å². The summed E-state index contributed by atoms with van der Waals surface area (Å²) >= 11 is 0. The van der Waals surface area contributed by atoms with Crippen molar-refractivity contribution in [2.75, 3.05) is 27.9 Å². The number of amides is 1. The minimum atomic E-state index is -1.93. The molecule has 2 saturated carbocycles. The third-order valence-electron chi connectivity index (χ3n) is 15.1. The Morgan fingerprint density at radius 1 is 0.846 bits per heavy atom. The lowest BCUT2D eigenvalue weighted by molar-refractivity contribution is -0.171. The fourth-order valence-electron chi connectivity index (χ4n) is 10.7. The van der Waals surface area contributed by atoms with E-state index >= 15 is 0 Å². The Morgan fingerprint density at radius 3 is 2.25 bits per heavy atom. The number of esters is 1. The molecule has 65 heavy (non-hydrogen) atoms. The highest BCUT2D eigenvalue weighted by atomic mass is 16.5. The molecule has 366 valence electrons. The first-order chi connectivity index (χ1) is 30.7. The van der Waals surface area contributed by atoms with Crippen molar-refractivity contribution in [3.63, 3.8) is 0 Å². The van der Waals surface area contributed by atoms with Crippen LogP contribution < -0.4 is 0 Å². The van der Waals surface area contributed by atoms with E-state index in [0.29, 0.717) is 56.9 Å². The highest BCUT2D eigenvalue weighted by Crippen LogP contribution is 2.41. The van der Waals surface area contributed by atoms with Crippen LogP contribution in [0.5, 0.6) is 0 Å². The summed E-state index contributed by atoms with van der Waals surface area (Å²) in [7, 11) is 4.59. The van der Waals surface area contributed by atoms with Gasteiger partial charge in [-0.3, -0.25) is 19.2 Å². The van der Waals surface area contributed by atoms with E-state index in [0.717, 1.165) is 18.4 Å². The highest BCUT2D eigenvalue weighted by Gasteiger charge is 2.51. The minimum Gasteiger partial charge on any atom is -0.460 e. The smallest absolute Gasteiger partial charge is 0.329 e. The van der Waals surface area contributed by atoms with Crippen LogP contribution >= 0.6 is 0 Å². The van der Waals surface area contributed by atoms with Gasteiger partial charge in [-0.2, -0.15) is 0 Å². The molecule has 4 rings (SSSR count). The number of cyclic esters (lactones) is 1. The number of nitrogens with zero attached hydrogens (tertiary/aromatic N) is 1. The summed E-state index contributed by atoms with van der Waals surface area (Å²) in [4.78, 5) is 72.1. The predicted molar refractivity (Wildman–Crippen MR) is 248 cm³/mol. The van der Waals surface area contributed by atoms with E-state index in [1.807, 2.05) is 58.1 Å². The van der Waals surface area contributed by atoms with Gasteiger partial charge in [-0.25, -0.2) is 4.79 Å². The van der Waals surface area contributed by atoms with Crippen LogP contribution in [0, 0.1) is 41.4 Å². The van der Waals surface area contributed by atoms with Gasteiger partial charge in [0.05, 0.1) is 18.3 Å². The van der Waals surface area contributed by atoms with E-state index in [1.54, 1.807) is 41.1 Å². The fraction of sp³-hybridized carbons (Fsp3) is 0.750. The van der Waals surface area contributed by atoms with Crippen molar-refractivity contribution in [3.05, 3.63) is 47.6 Å². The molecular formula is C52H81NO12. The lowest BCUT2D eigenvalue weighted by atomic mass is 9.67. The molecule has 1 unspecified atom stereocenters. The lowest BCUT2D eigenvalue weighted by Crippen LogP contribution is -2.59. The number of carbonyl (C=O) groups excluding carboxylic acids is 5. The second-order valence-corrected chi connectivity index (χ2v) is 20.1. The van der Waals surface area contributed by atoms with Gasteiger partial charge in [0.2, 0.25) is 0 Å². The molecule has 3 N–H and O–H groups in total. The lowest BCUT2D eigenvalue weighted by Gasteiger charge is -2.43. The predicted octanol–water partition coefficient (Wildman–Crippen LogP) is 6.84. The standard InChI is InChI=1S/C52H81NO12/c1-31-16-12-11-13-17-32(2)43(62-8)28-39-20-19-37(7)52(61,30-39)49(58)50(59)53-23-15-14-18-40(53)51(60)65-44(34(4)26-38-21-22-41(54)45(27-38)63-9)29-42(55)33(3)25-36(6)47(57)48(64-10)46(56)35(5)24-31/h11-13,16-17,25,31,33-35,37-41,43-45,47-48,54,57,61H,14-15,18-24,26-30H2,1-10H3/b13-11?,16-12+,32-17?,36-25+/t31-,33-,34-,35-,37-,38?,39+,40+,41-,43+,44+,45-,47-,48+,52+/m1/s1. The number of hydrogen-bond acceptors (Lipinski definition) is 12. The van der Waals surface area contributed by atoms with Crippen LogP contribution in [0.3, 0.4) is 0 Å². The average Bonchev–Trinajstić information content (AvgIpc) is 3.28. The average molecular weight is 912 g/mol. The van der Waals surface area contributed by atoms with Crippen molar-refractivity contribution in [3.8, 4) is 0 Å². The molecular weight excluding hydrogens is 831 g/mol. The van der Waals surface area contributed by atoms with Gasteiger partial charge in [0, 0.05) is 46.1 Å². The summed E-state index contributed by atoms with van der Waals surface area (Å²) in [6.45, 7) is 13.0. The first-order valence-electron chi connectivity index (χ1n) is 24.2.